The molecule has 0 saturated carbocycles. The second-order valence-electron chi connectivity index (χ2n) is 4.80. The molecule has 0 aliphatic carbocycles. The Morgan fingerprint density at radius 3 is 2.67 bits per heavy atom. The Balaban J connectivity index is 1.79. The fourth-order valence-electron chi connectivity index (χ4n) is 2.21. The molecule has 0 fully saturated rings. The van der Waals surface area contributed by atoms with Crippen LogP contribution >= 0.6 is 22.6 Å². The molecule has 106 valence electrons. The smallest absolute Gasteiger partial charge is 0.117 e. The zero-order valence-corrected chi connectivity index (χ0v) is 13.8. The van der Waals surface area contributed by atoms with Gasteiger partial charge in [-0.3, -0.25) is 0 Å². The molecule has 2 N–H and O–H groups in total. The first-order valence-electron chi connectivity index (χ1n) is 6.69. The average Bonchev–Trinajstić information content (AvgIpc) is 2.96. The Kier molecular flexibility index (Phi) is 4.19. The largest absolute Gasteiger partial charge is 0.379 e. The van der Waals surface area contributed by atoms with Crippen molar-refractivity contribution in [2.75, 3.05) is 5.32 Å². The van der Waals surface area contributed by atoms with Gasteiger partial charge in [0.05, 0.1) is 6.54 Å². The Morgan fingerprint density at radius 1 is 1.10 bits per heavy atom. The monoisotopic (exact) mass is 390 g/mol. The molecule has 2 aromatic carbocycles. The molecular weight excluding hydrogens is 375 g/mol. The average molecular weight is 390 g/mol. The van der Waals surface area contributed by atoms with Gasteiger partial charge in [-0.25, -0.2) is 0 Å². The number of halogens is 1. The summed E-state index contributed by atoms with van der Waals surface area (Å²) in [6.07, 6.45) is 0. The third kappa shape index (κ3) is 3.24. The third-order valence-corrected chi connectivity index (χ3v) is 3.97. The number of benzene rings is 2. The normalized spacial score (nSPS) is 10.6. The summed E-state index contributed by atoms with van der Waals surface area (Å²) in [5.74, 6) is 0. The Morgan fingerprint density at radius 2 is 1.90 bits per heavy atom. The van der Waals surface area contributed by atoms with Crippen LogP contribution in [0.5, 0.6) is 0 Å². The maximum Gasteiger partial charge on any atom is 0.117 e. The number of aromatic amines is 1. The number of aryl methyl sites for hydroxylation is 1. The molecule has 0 saturated heterocycles. The van der Waals surface area contributed by atoms with E-state index in [4.69, 9.17) is 0 Å². The fourth-order valence-corrected chi connectivity index (χ4v) is 2.85. The van der Waals surface area contributed by atoms with E-state index in [1.54, 1.807) is 0 Å². The first kappa shape index (κ1) is 14.1. The second kappa shape index (κ2) is 6.26. The van der Waals surface area contributed by atoms with Gasteiger partial charge in [-0.15, -0.1) is 0 Å². The molecule has 21 heavy (non-hydrogen) atoms. The van der Waals surface area contributed by atoms with Crippen LogP contribution in [-0.4, -0.2) is 15.4 Å². The molecular formula is C16H15IN4. The van der Waals surface area contributed by atoms with E-state index < -0.39 is 0 Å². The van der Waals surface area contributed by atoms with Gasteiger partial charge in [-0.2, -0.15) is 15.4 Å². The highest BCUT2D eigenvalue weighted by Gasteiger charge is 2.10. The molecule has 3 aromatic rings. The van der Waals surface area contributed by atoms with Gasteiger partial charge in [0.25, 0.3) is 0 Å². The van der Waals surface area contributed by atoms with Crippen LogP contribution in [0.3, 0.4) is 0 Å². The van der Waals surface area contributed by atoms with Crippen LogP contribution in [0, 0.1) is 10.5 Å². The minimum Gasteiger partial charge on any atom is -0.379 e. The van der Waals surface area contributed by atoms with Crippen molar-refractivity contribution in [2.24, 2.45) is 0 Å². The molecule has 0 unspecified atom stereocenters. The van der Waals surface area contributed by atoms with Crippen molar-refractivity contribution in [3.63, 3.8) is 0 Å². The van der Waals surface area contributed by atoms with E-state index in [9.17, 15) is 0 Å². The van der Waals surface area contributed by atoms with Gasteiger partial charge in [0.15, 0.2) is 0 Å². The molecule has 0 bridgehead atoms. The lowest BCUT2D eigenvalue weighted by molar-refractivity contribution is 0.911. The van der Waals surface area contributed by atoms with Crippen molar-refractivity contribution in [3.05, 3.63) is 63.4 Å². The zero-order valence-electron chi connectivity index (χ0n) is 11.6. The summed E-state index contributed by atoms with van der Waals surface area (Å²) in [5.41, 5.74) is 5.23. The van der Waals surface area contributed by atoms with Crippen LogP contribution in [0.2, 0.25) is 0 Å². The maximum atomic E-state index is 4.26. The SMILES string of the molecule is Cc1cc(I)ccc1NCc1n[nH]nc1-c1ccccc1. The highest BCUT2D eigenvalue weighted by atomic mass is 127. The summed E-state index contributed by atoms with van der Waals surface area (Å²) in [7, 11) is 0. The maximum absolute atomic E-state index is 4.26. The summed E-state index contributed by atoms with van der Waals surface area (Å²) in [6, 6.07) is 16.4. The van der Waals surface area contributed by atoms with Gasteiger partial charge in [-0.05, 0) is 53.3 Å². The Bertz CT molecular complexity index is 737. The van der Waals surface area contributed by atoms with Gasteiger partial charge in [0.1, 0.15) is 11.4 Å². The van der Waals surface area contributed by atoms with Crippen molar-refractivity contribution in [1.82, 2.24) is 15.4 Å². The number of hydrogen-bond donors (Lipinski definition) is 2. The van der Waals surface area contributed by atoms with E-state index in [0.29, 0.717) is 6.54 Å². The van der Waals surface area contributed by atoms with E-state index in [-0.39, 0.29) is 0 Å². The molecule has 0 spiro atoms. The Hall–Kier alpha value is -1.89. The topological polar surface area (TPSA) is 53.6 Å². The van der Waals surface area contributed by atoms with Gasteiger partial charge in [0.2, 0.25) is 0 Å². The van der Waals surface area contributed by atoms with Crippen molar-refractivity contribution in [1.29, 1.82) is 0 Å². The fraction of sp³-hybridized carbons (Fsp3) is 0.125. The highest BCUT2D eigenvalue weighted by molar-refractivity contribution is 14.1. The lowest BCUT2D eigenvalue weighted by Gasteiger charge is -2.09. The molecule has 1 aromatic heterocycles. The first-order valence-corrected chi connectivity index (χ1v) is 7.77. The lowest BCUT2D eigenvalue weighted by atomic mass is 10.1. The summed E-state index contributed by atoms with van der Waals surface area (Å²) in [6.45, 7) is 2.74. The van der Waals surface area contributed by atoms with Crippen LogP contribution in [0.15, 0.2) is 48.5 Å². The minimum absolute atomic E-state index is 0.641. The van der Waals surface area contributed by atoms with Crippen LogP contribution in [-0.2, 0) is 6.54 Å². The molecule has 1 heterocycles. The molecule has 4 nitrogen and oxygen atoms in total. The molecule has 3 rings (SSSR count). The summed E-state index contributed by atoms with van der Waals surface area (Å²) < 4.78 is 1.24. The number of rotatable bonds is 4. The summed E-state index contributed by atoms with van der Waals surface area (Å²) in [5, 5.41) is 14.7. The van der Waals surface area contributed by atoms with E-state index in [1.807, 2.05) is 30.3 Å². The predicted octanol–water partition coefficient (Wildman–Crippen LogP) is 4.00. The third-order valence-electron chi connectivity index (χ3n) is 3.30. The standard InChI is InChI=1S/C16H15IN4/c1-11-9-13(17)7-8-14(11)18-10-15-16(20-21-19-15)12-5-3-2-4-6-12/h2-9,18H,10H2,1H3,(H,19,20,21). The van der Waals surface area contributed by atoms with Gasteiger partial charge >= 0.3 is 0 Å². The molecule has 0 radical (unpaired) electrons. The van der Waals surface area contributed by atoms with Crippen LogP contribution in [0.25, 0.3) is 11.3 Å². The Labute approximate surface area is 137 Å². The molecule has 0 atom stereocenters. The zero-order chi connectivity index (χ0) is 14.7. The summed E-state index contributed by atoms with van der Waals surface area (Å²) >= 11 is 2.32. The molecule has 5 heteroatoms. The number of aromatic nitrogens is 3. The first-order chi connectivity index (χ1) is 10.2. The number of anilines is 1. The second-order valence-corrected chi connectivity index (χ2v) is 6.04. The van der Waals surface area contributed by atoms with Crippen molar-refractivity contribution in [3.8, 4) is 11.3 Å². The van der Waals surface area contributed by atoms with Crippen LogP contribution in [0.1, 0.15) is 11.3 Å². The highest BCUT2D eigenvalue weighted by Crippen LogP contribution is 2.22. The molecule has 0 aliphatic rings. The quantitative estimate of drug-likeness (QED) is 0.663. The summed E-state index contributed by atoms with van der Waals surface area (Å²) in [4.78, 5) is 0. The van der Waals surface area contributed by atoms with E-state index in [1.165, 1.54) is 9.13 Å². The number of H-pyrrole nitrogens is 1. The lowest BCUT2D eigenvalue weighted by Crippen LogP contribution is -2.03. The van der Waals surface area contributed by atoms with E-state index in [0.717, 1.165) is 22.6 Å². The minimum atomic E-state index is 0.641. The van der Waals surface area contributed by atoms with Crippen LogP contribution in [0.4, 0.5) is 5.69 Å². The van der Waals surface area contributed by atoms with Crippen molar-refractivity contribution < 1.29 is 0 Å². The van der Waals surface area contributed by atoms with Crippen LogP contribution < -0.4 is 5.32 Å². The molecule has 0 amide bonds. The van der Waals surface area contributed by atoms with Gasteiger partial charge < -0.3 is 5.32 Å². The number of nitrogens with one attached hydrogen (secondary N) is 2. The predicted molar refractivity (Wildman–Crippen MR) is 93.0 cm³/mol. The van der Waals surface area contributed by atoms with Gasteiger partial charge in [0, 0.05) is 14.8 Å². The van der Waals surface area contributed by atoms with Crippen molar-refractivity contribution >= 4 is 28.3 Å². The van der Waals surface area contributed by atoms with Crippen molar-refractivity contribution in [2.45, 2.75) is 13.5 Å². The van der Waals surface area contributed by atoms with E-state index in [2.05, 4.69) is 68.4 Å². The number of nitrogens with zero attached hydrogens (tertiary/aromatic N) is 2. The number of hydrogen-bond acceptors (Lipinski definition) is 3. The molecule has 0 aliphatic heterocycles. The van der Waals surface area contributed by atoms with Gasteiger partial charge in [-0.1, -0.05) is 30.3 Å². The van der Waals surface area contributed by atoms with E-state index >= 15 is 0 Å².